The molecule has 0 aliphatic carbocycles. The predicted molar refractivity (Wildman–Crippen MR) is 93.8 cm³/mol. The highest BCUT2D eigenvalue weighted by Crippen LogP contribution is 2.27. The Morgan fingerprint density at radius 1 is 1.28 bits per heavy atom. The Labute approximate surface area is 151 Å². The van der Waals surface area contributed by atoms with Gasteiger partial charge in [0.1, 0.15) is 0 Å². The van der Waals surface area contributed by atoms with Gasteiger partial charge >= 0.3 is 5.97 Å². The summed E-state index contributed by atoms with van der Waals surface area (Å²) in [5, 5.41) is 13.6. The lowest BCUT2D eigenvalue weighted by atomic mass is 9.90. The number of aryl methyl sites for hydroxylation is 1. The highest BCUT2D eigenvalue weighted by Gasteiger charge is 2.24. The Morgan fingerprint density at radius 2 is 2.04 bits per heavy atom. The molecule has 3 rings (SSSR count). The molecule has 1 aliphatic heterocycles. The summed E-state index contributed by atoms with van der Waals surface area (Å²) < 4.78 is 1.67. The highest BCUT2D eigenvalue weighted by molar-refractivity contribution is 6.30. The first-order valence-corrected chi connectivity index (χ1v) is 8.69. The Morgan fingerprint density at radius 3 is 2.68 bits per heavy atom. The van der Waals surface area contributed by atoms with Crippen LogP contribution in [0.15, 0.2) is 36.7 Å². The molecule has 0 radical (unpaired) electrons. The molecule has 2 aromatic rings. The van der Waals surface area contributed by atoms with E-state index in [4.69, 9.17) is 16.7 Å². The molecule has 1 atom stereocenters. The molecule has 1 aromatic heterocycles. The summed E-state index contributed by atoms with van der Waals surface area (Å²) >= 11 is 5.83. The number of rotatable bonds is 5. The number of halogens is 1. The third-order valence-corrected chi connectivity index (χ3v) is 4.75. The van der Waals surface area contributed by atoms with Crippen molar-refractivity contribution >= 4 is 23.5 Å². The molecule has 0 bridgehead atoms. The third kappa shape index (κ3) is 4.39. The van der Waals surface area contributed by atoms with E-state index in [0.717, 1.165) is 24.9 Å². The molecule has 1 N–H and O–H groups in total. The number of aromatic nitrogens is 2. The molecule has 0 spiro atoms. The molecule has 0 unspecified atom stereocenters. The minimum atomic E-state index is -0.925. The normalized spacial score (nSPS) is 17.5. The van der Waals surface area contributed by atoms with Gasteiger partial charge in [0, 0.05) is 38.2 Å². The van der Waals surface area contributed by atoms with E-state index in [1.165, 1.54) is 0 Å². The van der Waals surface area contributed by atoms with Crippen molar-refractivity contribution in [2.24, 2.45) is 0 Å². The van der Waals surface area contributed by atoms with Gasteiger partial charge in [0.05, 0.1) is 16.8 Å². The molecule has 1 fully saturated rings. The van der Waals surface area contributed by atoms with Crippen molar-refractivity contribution in [2.75, 3.05) is 13.1 Å². The number of benzene rings is 1. The van der Waals surface area contributed by atoms with Crippen molar-refractivity contribution in [1.82, 2.24) is 14.7 Å². The summed E-state index contributed by atoms with van der Waals surface area (Å²) in [5.41, 5.74) is 1.37. The average molecular weight is 362 g/mol. The molecular formula is C18H20ClN3O3. The smallest absolute Gasteiger partial charge is 0.335 e. The number of carboxylic acids is 1. The number of amides is 1. The fourth-order valence-corrected chi connectivity index (χ4v) is 3.36. The molecule has 2 heterocycles. The van der Waals surface area contributed by atoms with Gasteiger partial charge in [-0.1, -0.05) is 23.7 Å². The number of nitrogens with zero attached hydrogens (tertiary/aromatic N) is 3. The molecule has 1 amide bonds. The third-order valence-electron chi connectivity index (χ3n) is 4.56. The first-order chi connectivity index (χ1) is 12.0. The van der Waals surface area contributed by atoms with Crippen LogP contribution in [0.3, 0.4) is 0 Å². The summed E-state index contributed by atoms with van der Waals surface area (Å²) in [6.07, 6.45) is 5.61. The minimum Gasteiger partial charge on any atom is -0.478 e. The summed E-state index contributed by atoms with van der Waals surface area (Å²) in [5.74, 6) is -0.566. The van der Waals surface area contributed by atoms with E-state index in [-0.39, 0.29) is 17.4 Å². The van der Waals surface area contributed by atoms with Gasteiger partial charge in [-0.25, -0.2) is 4.79 Å². The van der Waals surface area contributed by atoms with E-state index in [1.54, 1.807) is 29.2 Å². The summed E-state index contributed by atoms with van der Waals surface area (Å²) in [6, 6.07) is 6.96. The average Bonchev–Trinajstić information content (AvgIpc) is 3.05. The van der Waals surface area contributed by atoms with Gasteiger partial charge < -0.3 is 10.0 Å². The van der Waals surface area contributed by atoms with Crippen molar-refractivity contribution in [3.63, 3.8) is 0 Å². The molecule has 1 aromatic carbocycles. The number of likely N-dealkylation sites (tertiary alicyclic amines) is 1. The largest absolute Gasteiger partial charge is 0.478 e. The zero-order valence-corrected chi connectivity index (χ0v) is 14.5. The van der Waals surface area contributed by atoms with E-state index < -0.39 is 5.97 Å². The molecule has 1 saturated heterocycles. The number of carbonyl (C=O) groups is 2. The topological polar surface area (TPSA) is 75.4 Å². The van der Waals surface area contributed by atoms with Gasteiger partial charge in [-0.15, -0.1) is 0 Å². The Bertz CT molecular complexity index is 757. The van der Waals surface area contributed by atoms with Crippen LogP contribution >= 0.6 is 11.6 Å². The van der Waals surface area contributed by atoms with Gasteiger partial charge in [0.25, 0.3) is 0 Å². The zero-order valence-electron chi connectivity index (χ0n) is 13.8. The van der Waals surface area contributed by atoms with Crippen molar-refractivity contribution in [2.45, 2.75) is 31.7 Å². The highest BCUT2D eigenvalue weighted by atomic mass is 35.5. The van der Waals surface area contributed by atoms with Crippen molar-refractivity contribution in [3.05, 3.63) is 52.8 Å². The zero-order chi connectivity index (χ0) is 17.8. The number of aromatic carboxylic acids is 1. The van der Waals surface area contributed by atoms with Gasteiger partial charge in [-0.05, 0) is 30.5 Å². The number of carboxylic acid groups (broad SMARTS) is 1. The van der Waals surface area contributed by atoms with Crippen molar-refractivity contribution in [3.8, 4) is 0 Å². The second-order valence-electron chi connectivity index (χ2n) is 6.28. The maximum atomic E-state index is 12.5. The van der Waals surface area contributed by atoms with Crippen LogP contribution in [-0.4, -0.2) is 44.8 Å². The maximum absolute atomic E-state index is 12.5. The van der Waals surface area contributed by atoms with E-state index in [2.05, 4.69) is 5.10 Å². The van der Waals surface area contributed by atoms with Gasteiger partial charge in [-0.3, -0.25) is 9.48 Å². The molecule has 25 heavy (non-hydrogen) atoms. The number of piperidine rings is 1. The number of carbonyl (C=O) groups excluding carboxylic acids is 1. The van der Waals surface area contributed by atoms with Crippen LogP contribution in [-0.2, 0) is 11.3 Å². The van der Waals surface area contributed by atoms with Crippen LogP contribution in [0.1, 0.15) is 41.1 Å². The standard InChI is InChI=1S/C18H20ClN3O3/c19-16-10-20-22(12-16)9-7-17(23)21-8-1-2-15(11-21)13-3-5-14(6-4-13)18(24)25/h3-6,10,12,15H,1-2,7-9,11H2,(H,24,25)/t15-/m1/s1. The van der Waals surface area contributed by atoms with Crippen LogP contribution in [0.4, 0.5) is 0 Å². The molecular weight excluding hydrogens is 342 g/mol. The van der Waals surface area contributed by atoms with Gasteiger partial charge in [-0.2, -0.15) is 5.10 Å². The summed E-state index contributed by atoms with van der Waals surface area (Å²) in [6.45, 7) is 1.95. The Balaban J connectivity index is 1.58. The lowest BCUT2D eigenvalue weighted by Gasteiger charge is -2.33. The quantitative estimate of drug-likeness (QED) is 0.888. The number of hydrogen-bond donors (Lipinski definition) is 1. The van der Waals surface area contributed by atoms with Crippen LogP contribution in [0.25, 0.3) is 0 Å². The molecule has 132 valence electrons. The van der Waals surface area contributed by atoms with Crippen molar-refractivity contribution < 1.29 is 14.7 Å². The van der Waals surface area contributed by atoms with Crippen LogP contribution in [0.2, 0.25) is 5.02 Å². The molecule has 6 nitrogen and oxygen atoms in total. The monoisotopic (exact) mass is 361 g/mol. The fraction of sp³-hybridized carbons (Fsp3) is 0.389. The lowest BCUT2D eigenvalue weighted by molar-refractivity contribution is -0.132. The van der Waals surface area contributed by atoms with Crippen molar-refractivity contribution in [1.29, 1.82) is 0 Å². The predicted octanol–water partition coefficient (Wildman–Crippen LogP) is 3.03. The Hall–Kier alpha value is -2.34. The van der Waals surface area contributed by atoms with Crippen LogP contribution < -0.4 is 0 Å². The maximum Gasteiger partial charge on any atom is 0.335 e. The minimum absolute atomic E-state index is 0.110. The summed E-state index contributed by atoms with van der Waals surface area (Å²) in [4.78, 5) is 25.3. The van der Waals surface area contributed by atoms with E-state index in [1.807, 2.05) is 17.0 Å². The van der Waals surface area contributed by atoms with E-state index >= 15 is 0 Å². The fourth-order valence-electron chi connectivity index (χ4n) is 3.20. The molecule has 0 saturated carbocycles. The molecule has 7 heteroatoms. The van der Waals surface area contributed by atoms with Gasteiger partial charge in [0.15, 0.2) is 0 Å². The second-order valence-corrected chi connectivity index (χ2v) is 6.71. The second kappa shape index (κ2) is 7.70. The van der Waals surface area contributed by atoms with E-state index in [0.29, 0.717) is 24.5 Å². The summed E-state index contributed by atoms with van der Waals surface area (Å²) in [7, 11) is 0. The van der Waals surface area contributed by atoms with Crippen LogP contribution in [0, 0.1) is 0 Å². The SMILES string of the molecule is O=C(O)c1ccc([C@@H]2CCCN(C(=O)CCn3cc(Cl)cn3)C2)cc1. The van der Waals surface area contributed by atoms with Crippen LogP contribution in [0.5, 0.6) is 0 Å². The first kappa shape index (κ1) is 17.5. The molecule has 1 aliphatic rings. The Kier molecular flexibility index (Phi) is 5.38. The van der Waals surface area contributed by atoms with Gasteiger partial charge in [0.2, 0.25) is 5.91 Å². The lowest BCUT2D eigenvalue weighted by Crippen LogP contribution is -2.39. The first-order valence-electron chi connectivity index (χ1n) is 8.32. The van der Waals surface area contributed by atoms with E-state index in [9.17, 15) is 9.59 Å². The number of hydrogen-bond acceptors (Lipinski definition) is 3.